The predicted molar refractivity (Wildman–Crippen MR) is 66.1 cm³/mol. The molecule has 0 aliphatic heterocycles. The molecular formula is C13H16FN3. The number of nitrogens with two attached hydrogens (primary N) is 1. The van der Waals surface area contributed by atoms with Crippen molar-refractivity contribution in [3.8, 4) is 0 Å². The quantitative estimate of drug-likeness (QED) is 0.882. The lowest BCUT2D eigenvalue weighted by molar-refractivity contribution is 0.588. The van der Waals surface area contributed by atoms with E-state index in [9.17, 15) is 4.39 Å². The van der Waals surface area contributed by atoms with Gasteiger partial charge in [-0.2, -0.15) is 0 Å². The van der Waals surface area contributed by atoms with Gasteiger partial charge in [0.05, 0.1) is 11.0 Å². The van der Waals surface area contributed by atoms with E-state index in [4.69, 9.17) is 5.73 Å². The van der Waals surface area contributed by atoms with Crippen LogP contribution in [0.5, 0.6) is 0 Å². The number of fused-ring (bicyclic) bond motifs is 1. The highest BCUT2D eigenvalue weighted by atomic mass is 19.1. The van der Waals surface area contributed by atoms with Crippen molar-refractivity contribution in [1.82, 2.24) is 9.55 Å². The molecule has 0 saturated heterocycles. The maximum Gasteiger partial charge on any atom is 0.201 e. The smallest absolute Gasteiger partial charge is 0.201 e. The van der Waals surface area contributed by atoms with Crippen molar-refractivity contribution in [3.05, 3.63) is 24.0 Å². The van der Waals surface area contributed by atoms with Crippen molar-refractivity contribution < 1.29 is 4.39 Å². The average molecular weight is 233 g/mol. The summed E-state index contributed by atoms with van der Waals surface area (Å²) in [5.41, 5.74) is 7.44. The highest BCUT2D eigenvalue weighted by Crippen LogP contribution is 2.33. The van der Waals surface area contributed by atoms with Gasteiger partial charge in [0.15, 0.2) is 0 Å². The second-order valence-corrected chi connectivity index (χ2v) is 4.84. The van der Waals surface area contributed by atoms with E-state index in [1.54, 1.807) is 6.07 Å². The Kier molecular flexibility index (Phi) is 2.50. The fourth-order valence-corrected chi connectivity index (χ4v) is 2.29. The largest absolute Gasteiger partial charge is 0.369 e. The van der Waals surface area contributed by atoms with Crippen LogP contribution in [0.15, 0.2) is 18.2 Å². The molecule has 0 unspecified atom stereocenters. The zero-order chi connectivity index (χ0) is 11.8. The van der Waals surface area contributed by atoms with Crippen molar-refractivity contribution in [3.63, 3.8) is 0 Å². The Morgan fingerprint density at radius 3 is 3.00 bits per heavy atom. The lowest BCUT2D eigenvalue weighted by Gasteiger charge is -2.05. The summed E-state index contributed by atoms with van der Waals surface area (Å²) in [6.07, 6.45) is 5.08. The fourth-order valence-electron chi connectivity index (χ4n) is 2.29. The van der Waals surface area contributed by atoms with Crippen LogP contribution < -0.4 is 5.73 Å². The molecule has 0 atom stereocenters. The van der Waals surface area contributed by atoms with Gasteiger partial charge in [-0.1, -0.05) is 12.8 Å². The molecule has 1 aliphatic rings. The van der Waals surface area contributed by atoms with Gasteiger partial charge in [-0.25, -0.2) is 9.37 Å². The number of hydrogen-bond acceptors (Lipinski definition) is 2. The van der Waals surface area contributed by atoms with Crippen LogP contribution in [0.2, 0.25) is 0 Å². The first-order chi connectivity index (χ1) is 8.24. The fraction of sp³-hybridized carbons (Fsp3) is 0.462. The van der Waals surface area contributed by atoms with E-state index in [0.717, 1.165) is 29.9 Å². The highest BCUT2D eigenvalue weighted by Gasteiger charge is 2.20. The van der Waals surface area contributed by atoms with Gasteiger partial charge in [0.25, 0.3) is 0 Å². The van der Waals surface area contributed by atoms with E-state index >= 15 is 0 Å². The summed E-state index contributed by atoms with van der Waals surface area (Å²) in [5, 5.41) is 0. The number of nitrogen functional groups attached to an aromatic ring is 1. The molecule has 0 radical (unpaired) electrons. The van der Waals surface area contributed by atoms with Gasteiger partial charge in [0.1, 0.15) is 5.82 Å². The molecule has 0 spiro atoms. The second-order valence-electron chi connectivity index (χ2n) is 4.84. The van der Waals surface area contributed by atoms with Crippen LogP contribution in [0.3, 0.4) is 0 Å². The van der Waals surface area contributed by atoms with Crippen molar-refractivity contribution in [1.29, 1.82) is 0 Å². The zero-order valence-electron chi connectivity index (χ0n) is 9.69. The number of hydrogen-bond donors (Lipinski definition) is 1. The first-order valence-electron chi connectivity index (χ1n) is 6.15. The van der Waals surface area contributed by atoms with Gasteiger partial charge in [0.2, 0.25) is 5.95 Å². The summed E-state index contributed by atoms with van der Waals surface area (Å²) in [4.78, 5) is 4.24. The molecule has 0 bridgehead atoms. The maximum atomic E-state index is 13.2. The minimum absolute atomic E-state index is 0.235. The summed E-state index contributed by atoms with van der Waals surface area (Å²) in [7, 11) is 0. The molecule has 1 aromatic heterocycles. The van der Waals surface area contributed by atoms with Crippen LogP contribution in [0.25, 0.3) is 11.0 Å². The molecule has 1 aromatic carbocycles. The molecule has 4 heteroatoms. The lowest BCUT2D eigenvalue weighted by atomic mass is 10.2. The Bertz CT molecular complexity index is 543. The van der Waals surface area contributed by atoms with E-state index in [2.05, 4.69) is 4.98 Å². The number of aromatic nitrogens is 2. The van der Waals surface area contributed by atoms with Crippen LogP contribution in [0.4, 0.5) is 10.3 Å². The van der Waals surface area contributed by atoms with Crippen molar-refractivity contribution in [2.75, 3.05) is 5.73 Å². The van der Waals surface area contributed by atoms with Crippen LogP contribution in [-0.2, 0) is 6.54 Å². The molecule has 1 fully saturated rings. The van der Waals surface area contributed by atoms with E-state index in [1.165, 1.54) is 31.4 Å². The summed E-state index contributed by atoms with van der Waals surface area (Å²) in [6.45, 7) is 0.836. The predicted octanol–water partition coefficient (Wildman–Crippen LogP) is 2.95. The van der Waals surface area contributed by atoms with Crippen LogP contribution in [0.1, 0.15) is 25.7 Å². The molecule has 1 saturated carbocycles. The Hall–Kier alpha value is -1.58. The molecule has 0 amide bonds. The van der Waals surface area contributed by atoms with Crippen LogP contribution in [-0.4, -0.2) is 9.55 Å². The molecule has 2 N–H and O–H groups in total. The summed E-state index contributed by atoms with van der Waals surface area (Å²) in [5.74, 6) is 1.17. The SMILES string of the molecule is Nc1nc2ccc(F)cc2n1CCCC1CC1. The van der Waals surface area contributed by atoms with E-state index in [1.807, 2.05) is 4.57 Å². The molecule has 3 nitrogen and oxygen atoms in total. The summed E-state index contributed by atoms with van der Waals surface area (Å²) in [6, 6.07) is 4.61. The van der Waals surface area contributed by atoms with Crippen molar-refractivity contribution >= 4 is 17.0 Å². The first-order valence-corrected chi connectivity index (χ1v) is 6.15. The Labute approximate surface area is 99.4 Å². The Morgan fingerprint density at radius 2 is 2.24 bits per heavy atom. The van der Waals surface area contributed by atoms with Crippen molar-refractivity contribution in [2.45, 2.75) is 32.2 Å². The van der Waals surface area contributed by atoms with E-state index < -0.39 is 0 Å². The van der Waals surface area contributed by atoms with Gasteiger partial charge < -0.3 is 10.3 Å². The molecule has 1 aliphatic carbocycles. The average Bonchev–Trinajstić information content (AvgIpc) is 3.06. The standard InChI is InChI=1S/C13H16FN3/c14-10-5-6-11-12(8-10)17(13(15)16-11)7-1-2-9-3-4-9/h5-6,8-9H,1-4,7H2,(H2,15,16). The minimum atomic E-state index is -0.235. The van der Waals surface area contributed by atoms with Gasteiger partial charge in [-0.05, 0) is 37.0 Å². The van der Waals surface area contributed by atoms with Gasteiger partial charge in [0, 0.05) is 6.54 Å². The summed E-state index contributed by atoms with van der Waals surface area (Å²) < 4.78 is 15.1. The third-order valence-electron chi connectivity index (χ3n) is 3.43. The molecule has 3 rings (SSSR count). The first kappa shape index (κ1) is 10.6. The molecule has 1 heterocycles. The van der Waals surface area contributed by atoms with Crippen LogP contribution >= 0.6 is 0 Å². The molecule has 17 heavy (non-hydrogen) atoms. The number of anilines is 1. The molecule has 90 valence electrons. The number of rotatable bonds is 4. The van der Waals surface area contributed by atoms with Gasteiger partial charge in [-0.3, -0.25) is 0 Å². The second kappa shape index (κ2) is 4.02. The van der Waals surface area contributed by atoms with Crippen LogP contribution in [0, 0.1) is 11.7 Å². The third-order valence-corrected chi connectivity index (χ3v) is 3.43. The monoisotopic (exact) mass is 233 g/mol. The molecular weight excluding hydrogens is 217 g/mol. The minimum Gasteiger partial charge on any atom is -0.369 e. The number of imidazole rings is 1. The van der Waals surface area contributed by atoms with E-state index in [0.29, 0.717) is 5.95 Å². The summed E-state index contributed by atoms with van der Waals surface area (Å²) >= 11 is 0. The van der Waals surface area contributed by atoms with Gasteiger partial charge in [-0.15, -0.1) is 0 Å². The maximum absolute atomic E-state index is 13.2. The normalized spacial score (nSPS) is 15.6. The number of aryl methyl sites for hydroxylation is 1. The lowest BCUT2D eigenvalue weighted by Crippen LogP contribution is -2.03. The molecule has 2 aromatic rings. The zero-order valence-corrected chi connectivity index (χ0v) is 9.69. The number of halogens is 1. The number of benzene rings is 1. The topological polar surface area (TPSA) is 43.8 Å². The number of nitrogens with zero attached hydrogens (tertiary/aromatic N) is 2. The third kappa shape index (κ3) is 2.12. The van der Waals surface area contributed by atoms with Gasteiger partial charge >= 0.3 is 0 Å². The Balaban J connectivity index is 1.84. The van der Waals surface area contributed by atoms with Crippen molar-refractivity contribution in [2.24, 2.45) is 5.92 Å². The highest BCUT2D eigenvalue weighted by molar-refractivity contribution is 5.78. The Morgan fingerprint density at radius 1 is 1.41 bits per heavy atom. The van der Waals surface area contributed by atoms with E-state index in [-0.39, 0.29) is 5.82 Å².